The lowest BCUT2D eigenvalue weighted by atomic mass is 10.0. The molecule has 3 rings (SSSR count). The number of ether oxygens (including phenoxy) is 1. The molecular formula is C23H22N2O3. The van der Waals surface area contributed by atoms with Crippen molar-refractivity contribution in [2.75, 3.05) is 19.0 Å². The standard InChI is InChI=1S/C23H22N2O3/c1-24-23(27)19-12-14-20(15-13-19)25-21(26)16-28-22(17-8-4-2-5-9-17)18-10-6-3-7-11-18/h2-15,22H,16H2,1H3,(H,24,27)(H,25,26). The molecule has 0 saturated carbocycles. The SMILES string of the molecule is CNC(=O)c1ccc(NC(=O)COC(c2ccccc2)c2ccccc2)cc1. The topological polar surface area (TPSA) is 67.4 Å². The number of nitrogens with one attached hydrogen (secondary N) is 2. The van der Waals surface area contributed by atoms with Gasteiger partial charge in [-0.1, -0.05) is 60.7 Å². The van der Waals surface area contributed by atoms with Crippen LogP contribution in [-0.2, 0) is 9.53 Å². The van der Waals surface area contributed by atoms with Crippen LogP contribution in [0.5, 0.6) is 0 Å². The molecule has 0 atom stereocenters. The summed E-state index contributed by atoms with van der Waals surface area (Å²) >= 11 is 0. The molecule has 3 aromatic rings. The van der Waals surface area contributed by atoms with Crippen LogP contribution in [0.15, 0.2) is 84.9 Å². The monoisotopic (exact) mass is 374 g/mol. The van der Waals surface area contributed by atoms with Crippen LogP contribution < -0.4 is 10.6 Å². The maximum Gasteiger partial charge on any atom is 0.251 e. The highest BCUT2D eigenvalue weighted by molar-refractivity contribution is 5.95. The van der Waals surface area contributed by atoms with Crippen LogP contribution in [0.25, 0.3) is 0 Å². The first kappa shape index (κ1) is 19.3. The second-order valence-corrected chi connectivity index (χ2v) is 6.22. The van der Waals surface area contributed by atoms with Gasteiger partial charge in [-0.15, -0.1) is 0 Å². The van der Waals surface area contributed by atoms with Gasteiger partial charge in [0.05, 0.1) is 0 Å². The van der Waals surface area contributed by atoms with E-state index in [4.69, 9.17) is 4.74 Å². The molecule has 0 radical (unpaired) electrons. The number of hydrogen-bond donors (Lipinski definition) is 2. The number of benzene rings is 3. The van der Waals surface area contributed by atoms with Crippen LogP contribution in [0, 0.1) is 0 Å². The van der Waals surface area contributed by atoms with E-state index in [1.54, 1.807) is 31.3 Å². The molecule has 0 aliphatic rings. The Kier molecular flexibility index (Phi) is 6.54. The van der Waals surface area contributed by atoms with E-state index < -0.39 is 0 Å². The van der Waals surface area contributed by atoms with Gasteiger partial charge in [-0.25, -0.2) is 0 Å². The molecule has 3 aromatic carbocycles. The molecule has 0 saturated heterocycles. The van der Waals surface area contributed by atoms with Crippen molar-refractivity contribution < 1.29 is 14.3 Å². The predicted molar refractivity (Wildman–Crippen MR) is 109 cm³/mol. The van der Waals surface area contributed by atoms with Gasteiger partial charge in [0.25, 0.3) is 5.91 Å². The first-order valence-electron chi connectivity index (χ1n) is 9.01. The van der Waals surface area contributed by atoms with E-state index in [1.807, 2.05) is 60.7 Å². The average molecular weight is 374 g/mol. The fraction of sp³-hybridized carbons (Fsp3) is 0.130. The second-order valence-electron chi connectivity index (χ2n) is 6.22. The van der Waals surface area contributed by atoms with Crippen molar-refractivity contribution in [2.24, 2.45) is 0 Å². The first-order chi connectivity index (χ1) is 13.7. The van der Waals surface area contributed by atoms with Crippen LogP contribution in [-0.4, -0.2) is 25.5 Å². The summed E-state index contributed by atoms with van der Waals surface area (Å²) in [6.45, 7) is -0.0916. The van der Waals surface area contributed by atoms with Crippen LogP contribution in [0.2, 0.25) is 0 Å². The molecule has 0 fully saturated rings. The molecule has 5 nitrogen and oxygen atoms in total. The molecule has 5 heteroatoms. The van der Waals surface area contributed by atoms with Crippen molar-refractivity contribution in [3.8, 4) is 0 Å². The number of anilines is 1. The largest absolute Gasteiger partial charge is 0.359 e. The van der Waals surface area contributed by atoms with Gasteiger partial charge in [0, 0.05) is 18.3 Å². The summed E-state index contributed by atoms with van der Waals surface area (Å²) in [7, 11) is 1.57. The fourth-order valence-corrected chi connectivity index (χ4v) is 2.85. The van der Waals surface area contributed by atoms with Gasteiger partial charge in [0.15, 0.2) is 0 Å². The number of rotatable bonds is 7. The lowest BCUT2D eigenvalue weighted by molar-refractivity contribution is -0.121. The Balaban J connectivity index is 1.65. The third-order valence-electron chi connectivity index (χ3n) is 4.24. The molecule has 0 bridgehead atoms. The van der Waals surface area contributed by atoms with Gasteiger partial charge in [-0.3, -0.25) is 9.59 Å². The van der Waals surface area contributed by atoms with Gasteiger partial charge in [0.1, 0.15) is 12.7 Å². The fourth-order valence-electron chi connectivity index (χ4n) is 2.85. The molecule has 0 aliphatic heterocycles. The molecule has 142 valence electrons. The van der Waals surface area contributed by atoms with E-state index in [0.717, 1.165) is 11.1 Å². The maximum absolute atomic E-state index is 12.3. The Morgan fingerprint density at radius 3 is 1.86 bits per heavy atom. The Morgan fingerprint density at radius 1 is 0.821 bits per heavy atom. The first-order valence-corrected chi connectivity index (χ1v) is 9.01. The number of hydrogen-bond acceptors (Lipinski definition) is 3. The molecule has 0 aromatic heterocycles. The van der Waals surface area contributed by atoms with E-state index in [1.165, 1.54) is 0 Å². The molecular weight excluding hydrogens is 352 g/mol. The third kappa shape index (κ3) is 5.05. The molecule has 28 heavy (non-hydrogen) atoms. The third-order valence-corrected chi connectivity index (χ3v) is 4.24. The molecule has 2 amide bonds. The van der Waals surface area contributed by atoms with E-state index in [0.29, 0.717) is 11.3 Å². The highest BCUT2D eigenvalue weighted by Gasteiger charge is 2.16. The maximum atomic E-state index is 12.3. The molecule has 0 spiro atoms. The summed E-state index contributed by atoms with van der Waals surface area (Å²) in [6, 6.07) is 26.3. The van der Waals surface area contributed by atoms with Crippen LogP contribution in [0.1, 0.15) is 27.6 Å². The van der Waals surface area contributed by atoms with Gasteiger partial charge in [-0.2, -0.15) is 0 Å². The van der Waals surface area contributed by atoms with Crippen molar-refractivity contribution in [1.29, 1.82) is 0 Å². The van der Waals surface area contributed by atoms with Gasteiger partial charge < -0.3 is 15.4 Å². The predicted octanol–water partition coefficient (Wildman–Crippen LogP) is 3.79. The van der Waals surface area contributed by atoms with Crippen molar-refractivity contribution in [3.63, 3.8) is 0 Å². The van der Waals surface area contributed by atoms with Crippen LogP contribution >= 0.6 is 0 Å². The summed E-state index contributed by atoms with van der Waals surface area (Å²) in [5.41, 5.74) is 3.11. The smallest absolute Gasteiger partial charge is 0.251 e. The summed E-state index contributed by atoms with van der Waals surface area (Å²) in [6.07, 6.45) is -0.330. The summed E-state index contributed by atoms with van der Waals surface area (Å²) in [5, 5.41) is 5.35. The molecule has 2 N–H and O–H groups in total. The molecule has 0 heterocycles. The normalized spacial score (nSPS) is 10.5. The Hall–Kier alpha value is -3.44. The van der Waals surface area contributed by atoms with E-state index in [-0.39, 0.29) is 24.5 Å². The van der Waals surface area contributed by atoms with Crippen molar-refractivity contribution in [2.45, 2.75) is 6.10 Å². The van der Waals surface area contributed by atoms with E-state index in [9.17, 15) is 9.59 Å². The van der Waals surface area contributed by atoms with Crippen molar-refractivity contribution in [1.82, 2.24) is 5.32 Å². The van der Waals surface area contributed by atoms with Crippen LogP contribution in [0.3, 0.4) is 0 Å². The lowest BCUT2D eigenvalue weighted by Gasteiger charge is -2.19. The van der Waals surface area contributed by atoms with E-state index >= 15 is 0 Å². The van der Waals surface area contributed by atoms with Gasteiger partial charge in [-0.05, 0) is 35.4 Å². The Bertz CT molecular complexity index is 870. The zero-order valence-electron chi connectivity index (χ0n) is 15.6. The quantitative estimate of drug-likeness (QED) is 0.661. The number of amides is 2. The zero-order chi connectivity index (χ0) is 19.8. The van der Waals surface area contributed by atoms with Crippen molar-refractivity contribution in [3.05, 3.63) is 102 Å². The van der Waals surface area contributed by atoms with Crippen LogP contribution in [0.4, 0.5) is 5.69 Å². The Morgan fingerprint density at radius 2 is 1.36 bits per heavy atom. The highest BCUT2D eigenvalue weighted by atomic mass is 16.5. The number of carbonyl (C=O) groups is 2. The molecule has 0 unspecified atom stereocenters. The van der Waals surface area contributed by atoms with Gasteiger partial charge in [0.2, 0.25) is 5.91 Å². The summed E-state index contributed by atoms with van der Waals surface area (Å²) < 4.78 is 5.95. The zero-order valence-corrected chi connectivity index (χ0v) is 15.6. The second kappa shape index (κ2) is 9.48. The number of carbonyl (C=O) groups excluding carboxylic acids is 2. The Labute approximate surface area is 164 Å². The minimum Gasteiger partial charge on any atom is -0.359 e. The van der Waals surface area contributed by atoms with E-state index in [2.05, 4.69) is 10.6 Å². The molecule has 0 aliphatic carbocycles. The summed E-state index contributed by atoms with van der Waals surface area (Å²) in [4.78, 5) is 23.9. The minimum absolute atomic E-state index is 0.0916. The minimum atomic E-state index is -0.330. The highest BCUT2D eigenvalue weighted by Crippen LogP contribution is 2.25. The van der Waals surface area contributed by atoms with Crippen molar-refractivity contribution >= 4 is 17.5 Å². The average Bonchev–Trinajstić information content (AvgIpc) is 2.75. The van der Waals surface area contributed by atoms with Gasteiger partial charge >= 0.3 is 0 Å². The lowest BCUT2D eigenvalue weighted by Crippen LogP contribution is -2.21. The summed E-state index contributed by atoms with van der Waals surface area (Å²) in [5.74, 6) is -0.431.